The Bertz CT molecular complexity index is 608. The summed E-state index contributed by atoms with van der Waals surface area (Å²) in [6, 6.07) is 16.5. The SMILES string of the molecule is [Br][Ni+2][Br].c1ccc2c(c1)CNCCCNCc1ccccc1OCCCO2. The number of rotatable bonds is 0. The van der Waals surface area contributed by atoms with Crippen LogP contribution in [-0.4, -0.2) is 26.3 Å². The van der Waals surface area contributed by atoms with Crippen molar-refractivity contribution in [3.05, 3.63) is 59.7 Å². The zero-order valence-corrected chi connectivity index (χ0v) is 19.3. The molecule has 1 heterocycles. The van der Waals surface area contributed by atoms with Gasteiger partial charge in [0.25, 0.3) is 0 Å². The van der Waals surface area contributed by atoms with Crippen LogP contribution in [0.5, 0.6) is 11.5 Å². The topological polar surface area (TPSA) is 42.5 Å². The van der Waals surface area contributed by atoms with E-state index in [0.29, 0.717) is 13.2 Å². The molecule has 7 heteroatoms. The second kappa shape index (κ2) is 14.4. The van der Waals surface area contributed by atoms with E-state index in [1.165, 1.54) is 22.0 Å². The molecule has 0 aliphatic carbocycles. The molecule has 27 heavy (non-hydrogen) atoms. The molecule has 0 aromatic heterocycles. The molecule has 2 N–H and O–H groups in total. The van der Waals surface area contributed by atoms with E-state index in [2.05, 4.69) is 63.3 Å². The first-order valence-electron chi connectivity index (χ1n) is 9.00. The van der Waals surface area contributed by atoms with Crippen molar-refractivity contribution in [2.75, 3.05) is 26.3 Å². The minimum atomic E-state index is 0.664. The Balaban J connectivity index is 0.000000817. The van der Waals surface area contributed by atoms with Gasteiger partial charge in [-0.25, -0.2) is 0 Å². The van der Waals surface area contributed by atoms with Gasteiger partial charge in [-0.05, 0) is 31.6 Å². The van der Waals surface area contributed by atoms with Gasteiger partial charge in [0, 0.05) is 30.6 Å². The number of hydrogen-bond acceptors (Lipinski definition) is 4. The van der Waals surface area contributed by atoms with Crippen LogP contribution in [0.4, 0.5) is 0 Å². The smallest absolute Gasteiger partial charge is 0.123 e. The van der Waals surface area contributed by atoms with Crippen molar-refractivity contribution >= 4 is 28.5 Å². The van der Waals surface area contributed by atoms with E-state index in [4.69, 9.17) is 9.47 Å². The van der Waals surface area contributed by atoms with Crippen molar-refractivity contribution in [1.29, 1.82) is 0 Å². The zero-order chi connectivity index (χ0) is 19.2. The van der Waals surface area contributed by atoms with Crippen LogP contribution in [0, 0.1) is 0 Å². The van der Waals surface area contributed by atoms with Crippen LogP contribution in [0.1, 0.15) is 24.0 Å². The summed E-state index contributed by atoms with van der Waals surface area (Å²) in [5.41, 5.74) is 2.42. The Labute approximate surface area is 182 Å². The number of nitrogens with one attached hydrogen (secondary N) is 2. The van der Waals surface area contributed by atoms with Crippen molar-refractivity contribution in [3.63, 3.8) is 0 Å². The zero-order valence-electron chi connectivity index (χ0n) is 15.2. The first kappa shape index (κ1) is 22.7. The molecule has 2 aromatic rings. The minimum absolute atomic E-state index is 0.664. The maximum absolute atomic E-state index is 5.94. The van der Waals surface area contributed by atoms with E-state index in [1.54, 1.807) is 0 Å². The standard InChI is InChI=1S/C20H26N2O2.2BrH.Ni/c1-3-9-19-17(7-1)15-21-11-5-12-22-16-18-8-2-4-10-20(18)24-14-6-13-23-19;;;/h1-4,7-10,21-22H,5-6,11-16H2;2*1H;/q;;;+4/p-2. The molecule has 0 bridgehead atoms. The van der Waals surface area contributed by atoms with E-state index in [-0.39, 0.29) is 0 Å². The summed E-state index contributed by atoms with van der Waals surface area (Å²) in [6.45, 7) is 4.98. The predicted octanol–water partition coefficient (Wildman–Crippen LogP) is 4.81. The fraction of sp³-hybridized carbons (Fsp3) is 0.400. The predicted molar refractivity (Wildman–Crippen MR) is 114 cm³/mol. The second-order valence-corrected chi connectivity index (χ2v) is 11.0. The van der Waals surface area contributed by atoms with Gasteiger partial charge in [-0.3, -0.25) is 0 Å². The Kier molecular flexibility index (Phi) is 12.1. The molecule has 0 spiro atoms. The van der Waals surface area contributed by atoms with Crippen LogP contribution >= 0.6 is 28.5 Å². The van der Waals surface area contributed by atoms with Gasteiger partial charge in [-0.15, -0.1) is 0 Å². The average Bonchev–Trinajstić information content (AvgIpc) is 2.69. The van der Waals surface area contributed by atoms with Crippen LogP contribution in [0.3, 0.4) is 0 Å². The number of hydrogen-bond donors (Lipinski definition) is 2. The molecule has 0 saturated carbocycles. The van der Waals surface area contributed by atoms with Crippen molar-refractivity contribution in [3.8, 4) is 11.5 Å². The van der Waals surface area contributed by atoms with Crippen LogP contribution < -0.4 is 20.1 Å². The quantitative estimate of drug-likeness (QED) is 0.468. The van der Waals surface area contributed by atoms with Crippen molar-refractivity contribution in [2.45, 2.75) is 25.9 Å². The van der Waals surface area contributed by atoms with Crippen LogP contribution in [0.2, 0.25) is 0 Å². The number of ether oxygens (including phenoxy) is 2. The monoisotopic (exact) mass is 542 g/mol. The van der Waals surface area contributed by atoms with Crippen LogP contribution in [0.25, 0.3) is 0 Å². The maximum Gasteiger partial charge on any atom is 0.123 e. The molecule has 0 amide bonds. The summed E-state index contributed by atoms with van der Waals surface area (Å²) in [7, 11) is 1.25. The maximum atomic E-state index is 5.94. The molecule has 0 radical (unpaired) electrons. The van der Waals surface area contributed by atoms with Gasteiger partial charge in [0.1, 0.15) is 11.5 Å². The summed E-state index contributed by atoms with van der Waals surface area (Å²) in [4.78, 5) is 0. The van der Waals surface area contributed by atoms with E-state index < -0.39 is 0 Å². The normalized spacial score (nSPS) is 15.9. The van der Waals surface area contributed by atoms with Gasteiger partial charge in [-0.2, -0.15) is 0 Å². The van der Waals surface area contributed by atoms with E-state index in [0.717, 1.165) is 50.5 Å². The Hall–Kier alpha value is -0.586. The molecular formula is C20H26Br2N2NiO2+2. The molecule has 0 atom stereocenters. The first-order chi connectivity index (χ1) is 13.3. The van der Waals surface area contributed by atoms with Crippen molar-refractivity contribution in [1.82, 2.24) is 10.6 Å². The average molecular weight is 545 g/mol. The van der Waals surface area contributed by atoms with Gasteiger partial charge < -0.3 is 20.1 Å². The molecule has 1 aliphatic heterocycles. The first-order valence-corrected chi connectivity index (χ1v) is 13.9. The molecule has 4 nitrogen and oxygen atoms in total. The summed E-state index contributed by atoms with van der Waals surface area (Å²) >= 11 is 6.00. The van der Waals surface area contributed by atoms with Gasteiger partial charge in [-0.1, -0.05) is 36.4 Å². The largest absolute Gasteiger partial charge is 0.493 e. The fourth-order valence-electron chi connectivity index (χ4n) is 2.79. The van der Waals surface area contributed by atoms with E-state index in [1.807, 2.05) is 24.3 Å². The number of halogens is 2. The van der Waals surface area contributed by atoms with Gasteiger partial charge >= 0.3 is 39.3 Å². The summed E-state index contributed by atoms with van der Waals surface area (Å²) in [6.07, 6.45) is 1.95. The van der Waals surface area contributed by atoms with Crippen molar-refractivity contribution in [2.24, 2.45) is 0 Å². The van der Waals surface area contributed by atoms with Gasteiger partial charge in [0.2, 0.25) is 0 Å². The van der Waals surface area contributed by atoms with E-state index in [9.17, 15) is 0 Å². The third kappa shape index (κ3) is 8.97. The number of fused-ring (bicyclic) bond motifs is 2. The minimum Gasteiger partial charge on any atom is -0.493 e. The summed E-state index contributed by atoms with van der Waals surface area (Å²) in [5, 5.41) is 7.00. The molecule has 1 aliphatic rings. The molecule has 0 saturated heterocycles. The fourth-order valence-corrected chi connectivity index (χ4v) is 2.79. The van der Waals surface area contributed by atoms with Crippen molar-refractivity contribution < 1.29 is 20.4 Å². The van der Waals surface area contributed by atoms with Gasteiger partial charge in [0.05, 0.1) is 13.2 Å². The summed E-state index contributed by atoms with van der Waals surface area (Å²) in [5.74, 6) is 1.94. The van der Waals surface area contributed by atoms with Crippen LogP contribution in [0.15, 0.2) is 48.5 Å². The molecule has 0 unspecified atom stereocenters. The third-order valence-electron chi connectivity index (χ3n) is 4.09. The third-order valence-corrected chi connectivity index (χ3v) is 4.09. The molecule has 2 aromatic carbocycles. The van der Waals surface area contributed by atoms with E-state index >= 15 is 0 Å². The molecule has 0 fully saturated rings. The Morgan fingerprint density at radius 3 is 1.63 bits per heavy atom. The Morgan fingerprint density at radius 1 is 0.704 bits per heavy atom. The number of benzene rings is 2. The molecule has 3 rings (SSSR count). The molecular weight excluding hydrogens is 519 g/mol. The second-order valence-electron chi connectivity index (χ2n) is 6.02. The van der Waals surface area contributed by atoms with Crippen LogP contribution in [-0.2, 0) is 24.0 Å². The summed E-state index contributed by atoms with van der Waals surface area (Å²) < 4.78 is 11.9. The number of para-hydroxylation sites is 2. The van der Waals surface area contributed by atoms with Gasteiger partial charge in [0.15, 0.2) is 0 Å². The Morgan fingerprint density at radius 2 is 1.15 bits per heavy atom. The molecule has 150 valence electrons.